The molecule has 0 saturated heterocycles. The number of methoxy groups -OCH3 is 1. The molecule has 0 aromatic heterocycles. The van der Waals surface area contributed by atoms with E-state index in [2.05, 4.69) is 115 Å². The second-order valence-corrected chi connectivity index (χ2v) is 17.1. The first-order chi connectivity index (χ1) is 20.7. The summed E-state index contributed by atoms with van der Waals surface area (Å²) in [6.45, 7) is 15.7. The van der Waals surface area contributed by atoms with Gasteiger partial charge < -0.3 is 13.9 Å². The van der Waals surface area contributed by atoms with E-state index in [0.717, 1.165) is 38.5 Å². The maximum atomic E-state index is 12.6. The highest BCUT2D eigenvalue weighted by Crippen LogP contribution is 2.43. The van der Waals surface area contributed by atoms with Crippen LogP contribution in [0.2, 0.25) is 16.6 Å². The molecule has 5 heteroatoms. The van der Waals surface area contributed by atoms with Crippen LogP contribution >= 0.6 is 0 Å². The average molecular weight is 607 g/mol. The van der Waals surface area contributed by atoms with E-state index in [4.69, 9.17) is 13.9 Å². The highest BCUT2D eigenvalue weighted by Gasteiger charge is 2.47. The number of allylic oxidation sites excluding steroid dienone is 12. The van der Waals surface area contributed by atoms with Gasteiger partial charge >= 0.3 is 5.97 Å². The van der Waals surface area contributed by atoms with Gasteiger partial charge in [-0.3, -0.25) is 4.79 Å². The zero-order chi connectivity index (χ0) is 31.9. The Kier molecular flexibility index (Phi) is 19.9. The Labute approximate surface area is 264 Å². The Morgan fingerprint density at radius 3 is 1.44 bits per heavy atom. The lowest BCUT2D eigenvalue weighted by Crippen LogP contribution is -2.50. The van der Waals surface area contributed by atoms with Crippen LogP contribution in [0, 0.1) is 0 Å². The van der Waals surface area contributed by atoms with Crippen molar-refractivity contribution >= 4 is 14.3 Å². The quantitative estimate of drug-likeness (QED) is 0.0604. The van der Waals surface area contributed by atoms with Crippen molar-refractivity contribution in [3.63, 3.8) is 0 Å². The van der Waals surface area contributed by atoms with Gasteiger partial charge in [-0.2, -0.15) is 0 Å². The number of esters is 1. The molecule has 0 unspecified atom stereocenters. The first kappa shape index (κ1) is 38.0. The molecule has 0 aliphatic rings. The molecule has 0 amide bonds. The van der Waals surface area contributed by atoms with Crippen molar-refractivity contribution in [1.82, 2.24) is 0 Å². The Morgan fingerprint density at radius 2 is 1.02 bits per heavy atom. The number of ether oxygens (including phenoxy) is 2. The van der Waals surface area contributed by atoms with E-state index in [1.54, 1.807) is 13.2 Å². The van der Waals surface area contributed by atoms with Gasteiger partial charge in [-0.15, -0.1) is 0 Å². The second kappa shape index (κ2) is 22.5. The number of hydrogen-bond donors (Lipinski definition) is 0. The molecule has 0 radical (unpaired) electrons. The topological polar surface area (TPSA) is 44.8 Å². The van der Waals surface area contributed by atoms with E-state index in [0.29, 0.717) is 46.7 Å². The number of benzene rings is 1. The summed E-state index contributed by atoms with van der Waals surface area (Å²) in [5.74, 6) is 1.53. The van der Waals surface area contributed by atoms with Crippen LogP contribution in [0.4, 0.5) is 0 Å². The predicted octanol–water partition coefficient (Wildman–Crippen LogP) is 11.6. The summed E-state index contributed by atoms with van der Waals surface area (Å²) >= 11 is 0. The van der Waals surface area contributed by atoms with Gasteiger partial charge in [-0.25, -0.2) is 0 Å². The van der Waals surface area contributed by atoms with E-state index in [1.807, 2.05) is 18.2 Å². The van der Waals surface area contributed by atoms with Crippen molar-refractivity contribution in [2.75, 3.05) is 7.11 Å². The van der Waals surface area contributed by atoms with Gasteiger partial charge in [0.15, 0.2) is 0 Å². The fourth-order valence-electron chi connectivity index (χ4n) is 5.36. The third-order valence-corrected chi connectivity index (χ3v) is 13.4. The van der Waals surface area contributed by atoms with Gasteiger partial charge in [0.1, 0.15) is 17.2 Å². The Morgan fingerprint density at radius 1 is 0.628 bits per heavy atom. The molecule has 0 aliphatic heterocycles. The summed E-state index contributed by atoms with van der Waals surface area (Å²) in [6.07, 6.45) is 32.9. The maximum Gasteiger partial charge on any atom is 0.311 e. The van der Waals surface area contributed by atoms with E-state index in [1.165, 1.54) is 0 Å². The van der Waals surface area contributed by atoms with Crippen LogP contribution in [0.1, 0.15) is 99.8 Å². The van der Waals surface area contributed by atoms with Crippen LogP contribution in [-0.2, 0) is 4.79 Å². The smallest absolute Gasteiger partial charge is 0.311 e. The zero-order valence-electron chi connectivity index (χ0n) is 28.2. The van der Waals surface area contributed by atoms with Crippen molar-refractivity contribution in [2.24, 2.45) is 0 Å². The summed E-state index contributed by atoms with van der Waals surface area (Å²) in [4.78, 5) is 12.6. The van der Waals surface area contributed by atoms with E-state index >= 15 is 0 Å². The summed E-state index contributed by atoms with van der Waals surface area (Å²) < 4.78 is 18.0. The molecule has 43 heavy (non-hydrogen) atoms. The summed E-state index contributed by atoms with van der Waals surface area (Å²) in [5.41, 5.74) is 1.31. The monoisotopic (exact) mass is 606 g/mol. The third kappa shape index (κ3) is 15.3. The molecule has 0 fully saturated rings. The molecule has 0 saturated carbocycles. The predicted molar refractivity (Wildman–Crippen MR) is 188 cm³/mol. The Balaban J connectivity index is 2.44. The fraction of sp³-hybridized carbons (Fsp3) is 0.500. The minimum absolute atomic E-state index is 0.265. The van der Waals surface area contributed by atoms with Crippen LogP contribution in [0.25, 0.3) is 0 Å². The molecule has 0 heterocycles. The molecule has 0 atom stereocenters. The van der Waals surface area contributed by atoms with Gasteiger partial charge in [-0.1, -0.05) is 121 Å². The Bertz CT molecular complexity index is 1070. The summed E-state index contributed by atoms with van der Waals surface area (Å²) in [6, 6.07) is 5.46. The van der Waals surface area contributed by atoms with Crippen LogP contribution in [0.15, 0.2) is 91.1 Å². The number of hydrogen-bond acceptors (Lipinski definition) is 4. The average Bonchev–Trinajstić information content (AvgIpc) is 2.96. The normalized spacial score (nSPS) is 13.1. The molecule has 238 valence electrons. The lowest BCUT2D eigenvalue weighted by atomic mass is 10.2. The molecule has 0 N–H and O–H groups in total. The van der Waals surface area contributed by atoms with E-state index < -0.39 is 8.32 Å². The standard InChI is InChI=1S/C38H58O4Si/c1-9-10-11-12-13-14-15-16-17-18-19-20-21-22-23-24-25-26-27-28-38(39)41-36-29-35(40-8)30-37(31-36)42-43(32(2)3,33(4)5)34(6)7/h10-11,13-14,16-17,19-20,22-23,25-26,29-34H,9,12,15,18,21,24,27-28H2,1-8H3/b11-10-,14-13-,17-16-,20-19-,23-22-,26-25-. The van der Waals surface area contributed by atoms with Gasteiger partial charge in [-0.05, 0) is 61.6 Å². The first-order valence-electron chi connectivity index (χ1n) is 16.2. The molecule has 0 bridgehead atoms. The molecule has 0 aliphatic carbocycles. The molecule has 1 aromatic carbocycles. The highest BCUT2D eigenvalue weighted by atomic mass is 28.4. The summed E-state index contributed by atoms with van der Waals surface area (Å²) in [7, 11) is -0.531. The molecular formula is C38H58O4Si. The second-order valence-electron chi connectivity index (χ2n) is 11.7. The number of carbonyl (C=O) groups excluding carboxylic acids is 1. The molecule has 0 spiro atoms. The highest BCUT2D eigenvalue weighted by molar-refractivity contribution is 6.78. The largest absolute Gasteiger partial charge is 0.543 e. The van der Waals surface area contributed by atoms with Crippen molar-refractivity contribution in [1.29, 1.82) is 0 Å². The van der Waals surface area contributed by atoms with Crippen LogP contribution in [-0.4, -0.2) is 21.4 Å². The first-order valence-corrected chi connectivity index (χ1v) is 18.3. The Hall–Kier alpha value is -3.05. The van der Waals surface area contributed by atoms with E-state index in [-0.39, 0.29) is 5.97 Å². The van der Waals surface area contributed by atoms with Crippen LogP contribution < -0.4 is 13.9 Å². The van der Waals surface area contributed by atoms with Crippen molar-refractivity contribution in [3.05, 3.63) is 91.1 Å². The minimum Gasteiger partial charge on any atom is -0.543 e. The van der Waals surface area contributed by atoms with E-state index in [9.17, 15) is 4.79 Å². The van der Waals surface area contributed by atoms with Crippen molar-refractivity contribution in [3.8, 4) is 17.2 Å². The lowest BCUT2D eigenvalue weighted by Gasteiger charge is -2.42. The third-order valence-electron chi connectivity index (χ3n) is 7.43. The molecule has 1 rings (SSSR count). The van der Waals surface area contributed by atoms with Crippen molar-refractivity contribution in [2.45, 2.75) is 116 Å². The number of rotatable bonds is 21. The van der Waals surface area contributed by atoms with Gasteiger partial charge in [0, 0.05) is 24.6 Å². The summed E-state index contributed by atoms with van der Waals surface area (Å²) in [5, 5.41) is 0. The van der Waals surface area contributed by atoms with Crippen molar-refractivity contribution < 1.29 is 18.7 Å². The zero-order valence-corrected chi connectivity index (χ0v) is 29.2. The minimum atomic E-state index is -2.15. The van der Waals surface area contributed by atoms with Gasteiger partial charge in [0.2, 0.25) is 0 Å². The molecule has 4 nitrogen and oxygen atoms in total. The van der Waals surface area contributed by atoms with Gasteiger partial charge in [0.05, 0.1) is 7.11 Å². The number of carbonyl (C=O) groups is 1. The molecular weight excluding hydrogens is 549 g/mol. The maximum absolute atomic E-state index is 12.6. The lowest BCUT2D eigenvalue weighted by molar-refractivity contribution is -0.134. The van der Waals surface area contributed by atoms with Crippen LogP contribution in [0.5, 0.6) is 17.2 Å². The fourth-order valence-corrected chi connectivity index (χ4v) is 10.6. The SMILES string of the molecule is CC/C=C\C/C=C\C/C=C\C/C=C\C/C=C\C/C=C\CCC(=O)Oc1cc(OC)cc(O[Si](C(C)C)(C(C)C)C(C)C)c1. The van der Waals surface area contributed by atoms with Crippen LogP contribution in [0.3, 0.4) is 0 Å². The molecule has 1 aromatic rings. The van der Waals surface area contributed by atoms with Gasteiger partial charge in [0.25, 0.3) is 8.32 Å².